The normalized spacial score (nSPS) is 20.7. The fraction of sp³-hybridized carbons (Fsp3) is 0.706. The standard InChI is InChI=1S/C17H27N5O2/c1-17(2,3)24-16(23)22-9-5-6-13(22)15-20-12-7-8-19-10-11(12)14(18-4)21-15/h13,19H,5-10H2,1-4H3,(H,18,20,21). The molecule has 24 heavy (non-hydrogen) atoms. The molecule has 0 aliphatic carbocycles. The Labute approximate surface area is 143 Å². The molecule has 1 amide bonds. The maximum Gasteiger partial charge on any atom is 0.410 e. The summed E-state index contributed by atoms with van der Waals surface area (Å²) in [7, 11) is 1.88. The lowest BCUT2D eigenvalue weighted by Gasteiger charge is -2.29. The first kappa shape index (κ1) is 17.0. The Hall–Kier alpha value is -1.89. The Morgan fingerprint density at radius 1 is 1.38 bits per heavy atom. The van der Waals surface area contributed by atoms with Crippen LogP contribution >= 0.6 is 0 Å². The van der Waals surface area contributed by atoms with Crippen LogP contribution < -0.4 is 10.6 Å². The third-order valence-electron chi connectivity index (χ3n) is 4.37. The van der Waals surface area contributed by atoms with Gasteiger partial charge in [0.25, 0.3) is 0 Å². The molecule has 2 aliphatic rings. The van der Waals surface area contributed by atoms with Gasteiger partial charge in [0, 0.05) is 38.7 Å². The summed E-state index contributed by atoms with van der Waals surface area (Å²) in [5.74, 6) is 1.58. The van der Waals surface area contributed by atoms with Crippen molar-refractivity contribution < 1.29 is 9.53 Å². The number of carbonyl (C=O) groups excluding carboxylic acids is 1. The van der Waals surface area contributed by atoms with Gasteiger partial charge >= 0.3 is 6.09 Å². The molecule has 1 fully saturated rings. The molecule has 2 aliphatic heterocycles. The quantitative estimate of drug-likeness (QED) is 0.864. The molecule has 1 aromatic rings. The van der Waals surface area contributed by atoms with E-state index in [0.717, 1.165) is 55.3 Å². The van der Waals surface area contributed by atoms with E-state index in [0.29, 0.717) is 6.54 Å². The topological polar surface area (TPSA) is 79.4 Å². The van der Waals surface area contributed by atoms with Crippen LogP contribution in [0.15, 0.2) is 0 Å². The van der Waals surface area contributed by atoms with E-state index in [1.54, 1.807) is 4.90 Å². The van der Waals surface area contributed by atoms with Gasteiger partial charge in [0.2, 0.25) is 0 Å². The summed E-state index contributed by atoms with van der Waals surface area (Å²) in [5.41, 5.74) is 1.72. The predicted molar refractivity (Wildman–Crippen MR) is 91.9 cm³/mol. The molecule has 0 radical (unpaired) electrons. The number of nitrogens with zero attached hydrogens (tertiary/aromatic N) is 3. The lowest BCUT2D eigenvalue weighted by molar-refractivity contribution is 0.0218. The summed E-state index contributed by atoms with van der Waals surface area (Å²) in [6.45, 7) is 8.06. The van der Waals surface area contributed by atoms with Crippen molar-refractivity contribution in [1.29, 1.82) is 0 Å². The van der Waals surface area contributed by atoms with Crippen molar-refractivity contribution in [2.45, 2.75) is 58.2 Å². The van der Waals surface area contributed by atoms with E-state index < -0.39 is 5.60 Å². The number of carbonyl (C=O) groups is 1. The van der Waals surface area contributed by atoms with Crippen molar-refractivity contribution in [3.8, 4) is 0 Å². The second kappa shape index (κ2) is 6.55. The van der Waals surface area contributed by atoms with Crippen LogP contribution in [0, 0.1) is 0 Å². The van der Waals surface area contributed by atoms with Crippen molar-refractivity contribution in [3.63, 3.8) is 0 Å². The Morgan fingerprint density at radius 2 is 2.17 bits per heavy atom. The molecule has 1 atom stereocenters. The summed E-state index contributed by atoms with van der Waals surface area (Å²) in [6, 6.07) is -0.105. The molecule has 0 bridgehead atoms. The van der Waals surface area contributed by atoms with Crippen molar-refractivity contribution in [2.75, 3.05) is 25.5 Å². The van der Waals surface area contributed by atoms with Gasteiger partial charge in [-0.25, -0.2) is 14.8 Å². The van der Waals surface area contributed by atoms with Gasteiger partial charge in [0.15, 0.2) is 5.82 Å². The van der Waals surface area contributed by atoms with Gasteiger partial charge < -0.3 is 15.4 Å². The predicted octanol–water partition coefficient (Wildman–Crippen LogP) is 2.24. The number of amides is 1. The van der Waals surface area contributed by atoms with Crippen LogP contribution in [0.4, 0.5) is 10.6 Å². The summed E-state index contributed by atoms with van der Waals surface area (Å²) in [5, 5.41) is 6.53. The van der Waals surface area contributed by atoms with Crippen LogP contribution in [0.5, 0.6) is 0 Å². The SMILES string of the molecule is CNc1nc(C2CCCN2C(=O)OC(C)(C)C)nc2c1CNCC2. The van der Waals surface area contributed by atoms with Crippen LogP contribution in [0.25, 0.3) is 0 Å². The van der Waals surface area contributed by atoms with Gasteiger partial charge in [0.1, 0.15) is 11.4 Å². The van der Waals surface area contributed by atoms with Crippen molar-refractivity contribution in [3.05, 3.63) is 17.1 Å². The van der Waals surface area contributed by atoms with Crippen molar-refractivity contribution in [2.24, 2.45) is 0 Å². The number of hydrogen-bond donors (Lipinski definition) is 2. The van der Waals surface area contributed by atoms with Gasteiger partial charge in [-0.15, -0.1) is 0 Å². The molecule has 3 heterocycles. The number of nitrogens with one attached hydrogen (secondary N) is 2. The molecule has 0 spiro atoms. The molecule has 7 nitrogen and oxygen atoms in total. The summed E-state index contributed by atoms with van der Waals surface area (Å²) < 4.78 is 5.55. The molecular weight excluding hydrogens is 306 g/mol. The zero-order valence-electron chi connectivity index (χ0n) is 15.0. The zero-order chi connectivity index (χ0) is 17.3. The van der Waals surface area contributed by atoms with Crippen LogP contribution in [0.2, 0.25) is 0 Å². The Balaban J connectivity index is 1.88. The second-order valence-corrected chi connectivity index (χ2v) is 7.36. The molecular formula is C17H27N5O2. The maximum absolute atomic E-state index is 12.5. The second-order valence-electron chi connectivity index (χ2n) is 7.36. The van der Waals surface area contributed by atoms with Gasteiger partial charge in [-0.1, -0.05) is 0 Å². The van der Waals surface area contributed by atoms with E-state index in [-0.39, 0.29) is 12.1 Å². The van der Waals surface area contributed by atoms with Gasteiger partial charge in [-0.2, -0.15) is 0 Å². The van der Waals surface area contributed by atoms with Crippen molar-refractivity contribution >= 4 is 11.9 Å². The largest absolute Gasteiger partial charge is 0.444 e. The third-order valence-corrected chi connectivity index (χ3v) is 4.37. The number of fused-ring (bicyclic) bond motifs is 1. The first-order valence-electron chi connectivity index (χ1n) is 8.67. The van der Waals surface area contributed by atoms with Crippen molar-refractivity contribution in [1.82, 2.24) is 20.2 Å². The molecule has 0 saturated carbocycles. The highest BCUT2D eigenvalue weighted by atomic mass is 16.6. The first-order valence-corrected chi connectivity index (χ1v) is 8.67. The van der Waals surface area contributed by atoms with E-state index in [1.807, 2.05) is 27.8 Å². The van der Waals surface area contributed by atoms with Gasteiger partial charge in [-0.3, -0.25) is 4.90 Å². The number of ether oxygens (including phenoxy) is 1. The average Bonchev–Trinajstić information content (AvgIpc) is 3.02. The monoisotopic (exact) mass is 333 g/mol. The number of rotatable bonds is 2. The lowest BCUT2D eigenvalue weighted by Crippen LogP contribution is -2.37. The highest BCUT2D eigenvalue weighted by Gasteiger charge is 2.35. The van der Waals surface area contributed by atoms with E-state index in [1.165, 1.54) is 0 Å². The van der Waals surface area contributed by atoms with E-state index in [9.17, 15) is 4.79 Å². The number of hydrogen-bond acceptors (Lipinski definition) is 6. The van der Waals surface area contributed by atoms with E-state index in [4.69, 9.17) is 14.7 Å². The Bertz CT molecular complexity index is 609. The third kappa shape index (κ3) is 3.45. The molecule has 1 unspecified atom stereocenters. The van der Waals surface area contributed by atoms with Crippen LogP contribution in [0.3, 0.4) is 0 Å². The lowest BCUT2D eigenvalue weighted by atomic mass is 10.1. The van der Waals surface area contributed by atoms with E-state index in [2.05, 4.69) is 10.6 Å². The molecule has 7 heteroatoms. The molecule has 132 valence electrons. The summed E-state index contributed by atoms with van der Waals surface area (Å²) in [6.07, 6.45) is 2.43. The zero-order valence-corrected chi connectivity index (χ0v) is 15.0. The number of likely N-dealkylation sites (tertiary alicyclic amines) is 1. The molecule has 3 rings (SSSR count). The Kier molecular flexibility index (Phi) is 4.62. The van der Waals surface area contributed by atoms with Gasteiger partial charge in [0.05, 0.1) is 11.7 Å². The minimum Gasteiger partial charge on any atom is -0.444 e. The minimum atomic E-state index is -0.497. The fourth-order valence-electron chi connectivity index (χ4n) is 3.29. The molecule has 1 saturated heterocycles. The smallest absolute Gasteiger partial charge is 0.410 e. The molecule has 1 aromatic heterocycles. The van der Waals surface area contributed by atoms with E-state index >= 15 is 0 Å². The summed E-state index contributed by atoms with van der Waals surface area (Å²) >= 11 is 0. The van der Waals surface area contributed by atoms with Gasteiger partial charge in [-0.05, 0) is 33.6 Å². The van der Waals surface area contributed by atoms with Crippen LogP contribution in [-0.2, 0) is 17.7 Å². The molecule has 0 aromatic carbocycles. The number of aromatic nitrogens is 2. The number of anilines is 1. The first-order chi connectivity index (χ1) is 11.4. The summed E-state index contributed by atoms with van der Waals surface area (Å²) in [4.78, 5) is 23.8. The fourth-order valence-corrected chi connectivity index (χ4v) is 3.29. The highest BCUT2D eigenvalue weighted by Crippen LogP contribution is 2.33. The average molecular weight is 333 g/mol. The van der Waals surface area contributed by atoms with Crippen LogP contribution in [0.1, 0.15) is 56.7 Å². The minimum absolute atomic E-state index is 0.105. The van der Waals surface area contributed by atoms with Crippen LogP contribution in [-0.4, -0.2) is 46.7 Å². The highest BCUT2D eigenvalue weighted by molar-refractivity contribution is 5.69. The molecule has 2 N–H and O–H groups in total. The Morgan fingerprint density at radius 3 is 2.88 bits per heavy atom. The maximum atomic E-state index is 12.5.